The van der Waals surface area contributed by atoms with Crippen molar-refractivity contribution >= 4 is 17.2 Å². The first-order chi connectivity index (χ1) is 8.75. The van der Waals surface area contributed by atoms with Crippen LogP contribution in [0.2, 0.25) is 0 Å². The van der Waals surface area contributed by atoms with Crippen molar-refractivity contribution in [2.45, 2.75) is 25.7 Å². The SMILES string of the molecule is O=[N+]([O-])c1ccc(NNC2=NCCCCC2)cc1. The zero-order valence-electron chi connectivity index (χ0n) is 10.1. The predicted octanol–water partition coefficient (Wildman–Crippen LogP) is 2.48. The average Bonchev–Trinajstić information content (AvgIpc) is 2.65. The minimum atomic E-state index is -0.410. The van der Waals surface area contributed by atoms with Crippen molar-refractivity contribution in [1.82, 2.24) is 5.43 Å². The molecule has 1 heterocycles. The molecule has 0 amide bonds. The molecule has 96 valence electrons. The summed E-state index contributed by atoms with van der Waals surface area (Å²) in [5.74, 6) is 0.950. The van der Waals surface area contributed by atoms with E-state index in [4.69, 9.17) is 0 Å². The zero-order valence-corrected chi connectivity index (χ0v) is 10.1. The van der Waals surface area contributed by atoms with E-state index in [1.807, 2.05) is 0 Å². The minimum absolute atomic E-state index is 0.0901. The van der Waals surface area contributed by atoms with Gasteiger partial charge in [0.05, 0.1) is 10.6 Å². The van der Waals surface area contributed by atoms with Crippen LogP contribution in [0.4, 0.5) is 11.4 Å². The Hall–Kier alpha value is -2.11. The van der Waals surface area contributed by atoms with Gasteiger partial charge in [0.2, 0.25) is 0 Å². The molecule has 0 bridgehead atoms. The Morgan fingerprint density at radius 3 is 2.61 bits per heavy atom. The fraction of sp³-hybridized carbons (Fsp3) is 0.417. The Kier molecular flexibility index (Phi) is 4.11. The van der Waals surface area contributed by atoms with Crippen molar-refractivity contribution in [3.05, 3.63) is 34.4 Å². The van der Waals surface area contributed by atoms with Gasteiger partial charge in [-0.25, -0.2) is 0 Å². The standard InChI is InChI=1S/C12H16N4O2/c17-16(18)11-7-5-10(6-8-11)14-15-12-4-2-1-3-9-13-12/h5-8,14H,1-4,9H2,(H,13,15). The summed E-state index contributed by atoms with van der Waals surface area (Å²) >= 11 is 0. The summed E-state index contributed by atoms with van der Waals surface area (Å²) in [6, 6.07) is 6.28. The molecule has 0 spiro atoms. The Labute approximate surface area is 105 Å². The fourth-order valence-corrected chi connectivity index (χ4v) is 1.79. The second-order valence-electron chi connectivity index (χ2n) is 4.19. The number of hydrogen-bond acceptors (Lipinski definition) is 5. The summed E-state index contributed by atoms with van der Waals surface area (Å²) in [4.78, 5) is 14.5. The molecule has 2 rings (SSSR count). The number of benzene rings is 1. The Morgan fingerprint density at radius 2 is 1.89 bits per heavy atom. The van der Waals surface area contributed by atoms with Crippen LogP contribution in [0.15, 0.2) is 29.3 Å². The molecule has 1 aliphatic heterocycles. The summed E-state index contributed by atoms with van der Waals surface area (Å²) in [6.45, 7) is 0.865. The number of non-ortho nitro benzene ring substituents is 1. The molecule has 0 saturated heterocycles. The molecule has 18 heavy (non-hydrogen) atoms. The number of nitrogens with one attached hydrogen (secondary N) is 2. The number of nitro benzene ring substituents is 1. The predicted molar refractivity (Wildman–Crippen MR) is 70.6 cm³/mol. The quantitative estimate of drug-likeness (QED) is 0.636. The van der Waals surface area contributed by atoms with Gasteiger partial charge in [-0.1, -0.05) is 6.42 Å². The van der Waals surface area contributed by atoms with Crippen LogP contribution in [0.1, 0.15) is 25.7 Å². The Bertz CT molecular complexity index is 442. The van der Waals surface area contributed by atoms with E-state index in [1.165, 1.54) is 18.6 Å². The highest BCUT2D eigenvalue weighted by atomic mass is 16.6. The molecule has 0 aliphatic carbocycles. The van der Waals surface area contributed by atoms with E-state index >= 15 is 0 Å². The third kappa shape index (κ3) is 3.44. The van der Waals surface area contributed by atoms with Crippen molar-refractivity contribution < 1.29 is 4.92 Å². The molecule has 0 aromatic heterocycles. The van der Waals surface area contributed by atoms with Crippen molar-refractivity contribution in [2.24, 2.45) is 4.99 Å². The van der Waals surface area contributed by atoms with Crippen LogP contribution in [0.25, 0.3) is 0 Å². The fourth-order valence-electron chi connectivity index (χ4n) is 1.79. The van der Waals surface area contributed by atoms with E-state index in [0.29, 0.717) is 0 Å². The first-order valence-corrected chi connectivity index (χ1v) is 6.05. The van der Waals surface area contributed by atoms with Crippen LogP contribution in [0, 0.1) is 10.1 Å². The number of nitrogens with zero attached hydrogens (tertiary/aromatic N) is 2. The zero-order chi connectivity index (χ0) is 12.8. The number of hydrogen-bond donors (Lipinski definition) is 2. The maximum Gasteiger partial charge on any atom is 0.269 e. The van der Waals surface area contributed by atoms with E-state index in [-0.39, 0.29) is 5.69 Å². The molecule has 2 N–H and O–H groups in total. The molecule has 0 unspecified atom stereocenters. The van der Waals surface area contributed by atoms with E-state index in [0.717, 1.165) is 37.3 Å². The normalized spacial score (nSPS) is 15.4. The summed E-state index contributed by atoms with van der Waals surface area (Å²) in [5.41, 5.74) is 6.94. The molecular formula is C12H16N4O2. The van der Waals surface area contributed by atoms with Gasteiger partial charge in [0.15, 0.2) is 0 Å². The maximum atomic E-state index is 10.5. The lowest BCUT2D eigenvalue weighted by molar-refractivity contribution is -0.384. The first kappa shape index (κ1) is 12.3. The molecule has 6 heteroatoms. The van der Waals surface area contributed by atoms with E-state index in [1.54, 1.807) is 12.1 Å². The highest BCUT2D eigenvalue weighted by Crippen LogP contribution is 2.14. The third-order valence-electron chi connectivity index (χ3n) is 2.80. The van der Waals surface area contributed by atoms with Crippen LogP contribution in [0.3, 0.4) is 0 Å². The van der Waals surface area contributed by atoms with Gasteiger partial charge in [-0.05, 0) is 25.0 Å². The molecule has 1 aliphatic rings. The lowest BCUT2D eigenvalue weighted by Gasteiger charge is -2.10. The highest BCUT2D eigenvalue weighted by molar-refractivity contribution is 5.83. The van der Waals surface area contributed by atoms with Gasteiger partial charge in [-0.3, -0.25) is 26.0 Å². The van der Waals surface area contributed by atoms with Crippen LogP contribution >= 0.6 is 0 Å². The summed E-state index contributed by atoms with van der Waals surface area (Å²) in [6.07, 6.45) is 4.45. The van der Waals surface area contributed by atoms with Crippen molar-refractivity contribution in [3.8, 4) is 0 Å². The monoisotopic (exact) mass is 248 g/mol. The van der Waals surface area contributed by atoms with Crippen LogP contribution in [0.5, 0.6) is 0 Å². The molecule has 0 fully saturated rings. The molecule has 0 saturated carbocycles. The molecule has 1 aromatic rings. The molecule has 6 nitrogen and oxygen atoms in total. The van der Waals surface area contributed by atoms with Gasteiger partial charge in [0, 0.05) is 25.1 Å². The first-order valence-electron chi connectivity index (χ1n) is 6.05. The lowest BCUT2D eigenvalue weighted by atomic mass is 10.2. The van der Waals surface area contributed by atoms with Gasteiger partial charge < -0.3 is 0 Å². The summed E-state index contributed by atoms with van der Waals surface area (Å²) in [7, 11) is 0. The van der Waals surface area contributed by atoms with Crippen LogP contribution in [-0.4, -0.2) is 17.3 Å². The Morgan fingerprint density at radius 1 is 1.11 bits per heavy atom. The van der Waals surface area contributed by atoms with E-state index in [9.17, 15) is 10.1 Å². The van der Waals surface area contributed by atoms with Crippen molar-refractivity contribution in [3.63, 3.8) is 0 Å². The Balaban J connectivity index is 1.89. The third-order valence-corrected chi connectivity index (χ3v) is 2.80. The highest BCUT2D eigenvalue weighted by Gasteiger charge is 2.05. The second-order valence-corrected chi connectivity index (χ2v) is 4.19. The number of aliphatic imine (C=N–C) groups is 1. The number of rotatable bonds is 3. The van der Waals surface area contributed by atoms with Crippen molar-refractivity contribution in [1.29, 1.82) is 0 Å². The summed E-state index contributed by atoms with van der Waals surface area (Å²) in [5, 5.41) is 10.5. The minimum Gasteiger partial charge on any atom is -0.300 e. The molecular weight excluding hydrogens is 232 g/mol. The summed E-state index contributed by atoms with van der Waals surface area (Å²) < 4.78 is 0. The van der Waals surface area contributed by atoms with Gasteiger partial charge in [0.1, 0.15) is 5.84 Å². The van der Waals surface area contributed by atoms with Crippen molar-refractivity contribution in [2.75, 3.05) is 12.0 Å². The topological polar surface area (TPSA) is 79.6 Å². The lowest BCUT2D eigenvalue weighted by Crippen LogP contribution is -2.29. The van der Waals surface area contributed by atoms with Crippen LogP contribution < -0.4 is 10.9 Å². The second kappa shape index (κ2) is 6.00. The van der Waals surface area contributed by atoms with Gasteiger partial charge in [-0.2, -0.15) is 0 Å². The van der Waals surface area contributed by atoms with Crippen LogP contribution in [-0.2, 0) is 0 Å². The molecule has 0 radical (unpaired) electrons. The van der Waals surface area contributed by atoms with Gasteiger partial charge in [0.25, 0.3) is 5.69 Å². The maximum absolute atomic E-state index is 10.5. The molecule has 1 aromatic carbocycles. The average molecular weight is 248 g/mol. The van der Waals surface area contributed by atoms with E-state index in [2.05, 4.69) is 15.8 Å². The van der Waals surface area contributed by atoms with E-state index < -0.39 is 4.92 Å². The smallest absolute Gasteiger partial charge is 0.269 e. The number of nitro groups is 1. The molecule has 0 atom stereocenters. The van der Waals surface area contributed by atoms with Gasteiger partial charge >= 0.3 is 0 Å². The number of amidine groups is 1. The van der Waals surface area contributed by atoms with Gasteiger partial charge in [-0.15, -0.1) is 0 Å². The number of anilines is 1. The number of hydrazine groups is 1. The largest absolute Gasteiger partial charge is 0.300 e.